The number of esters is 1. The Balaban J connectivity index is 1.49. The molecule has 0 bridgehead atoms. The average Bonchev–Trinajstić information content (AvgIpc) is 1.84. The number of likely N-dealkylation sites (N-methyl/N-ethyl adjacent to an activating group) is 1. The van der Waals surface area contributed by atoms with Crippen molar-refractivity contribution >= 4 is 27.0 Å². The molecule has 6 rings (SSSR count). The molecule has 3 aromatic carbocycles. The van der Waals surface area contributed by atoms with Crippen molar-refractivity contribution in [3.05, 3.63) is 90.2 Å². The standard InChI is InChI=1S/C59H87F4N3O15S2/c1-14-28-66(83(73,74)43-24-20-17-21-25-43)34-58(71)40(8)77-48(32-56(58,10)75-13)80-49-37(5)52(55(9,69)31-35(3)33-64-39(7)51(67)57(11,70)47(15-2)79-53(68)38(49)6)81-54-50(78-41-26-27-45(60)44(30-41)59(61,62)63)46(29-36(4)76-54)65(12)82(72)42-22-18-16-19-23-42/h16-27,30,35-40,46-52,54,64,67,69-71H,14-15,28-29,31-34H2,1-13H3/t35-,36-,37+,38-,39-,40+,46+,47-,48+,49+,50-,51-,52-,54+,55-,56-,57-,58+,82?/m1/s1. The maximum absolute atomic E-state index is 14.9. The second-order valence-corrected chi connectivity index (χ2v) is 27.0. The van der Waals surface area contributed by atoms with E-state index in [1.54, 1.807) is 97.1 Å². The Hall–Kier alpha value is -3.73. The van der Waals surface area contributed by atoms with Gasteiger partial charge < -0.3 is 58.9 Å². The number of carbonyl (C=O) groups excluding carboxylic acids is 1. The molecule has 3 saturated heterocycles. The maximum Gasteiger partial charge on any atom is 0.419 e. The third-order valence-electron chi connectivity index (χ3n) is 17.0. The van der Waals surface area contributed by atoms with E-state index in [0.29, 0.717) is 23.4 Å². The second-order valence-electron chi connectivity index (χ2n) is 23.5. The molecule has 3 fully saturated rings. The van der Waals surface area contributed by atoms with Crippen LogP contribution < -0.4 is 10.1 Å². The molecule has 5 N–H and O–H groups in total. The van der Waals surface area contributed by atoms with Crippen molar-refractivity contribution in [2.24, 2.45) is 17.8 Å². The molecule has 0 aliphatic carbocycles. The number of hydrogen-bond acceptors (Lipinski definition) is 16. The topological polar surface area (TPSA) is 232 Å². The molecule has 3 aliphatic heterocycles. The van der Waals surface area contributed by atoms with Crippen LogP contribution in [0.5, 0.6) is 5.75 Å². The summed E-state index contributed by atoms with van der Waals surface area (Å²) in [5.41, 5.74) is -9.25. The summed E-state index contributed by atoms with van der Waals surface area (Å²) in [5.74, 6) is -5.84. The summed E-state index contributed by atoms with van der Waals surface area (Å²) >= 11 is 0. The normalized spacial score (nSPS) is 36.9. The molecule has 468 valence electrons. The lowest BCUT2D eigenvalue weighted by Crippen LogP contribution is -2.70. The number of benzene rings is 3. The third-order valence-corrected chi connectivity index (χ3v) is 20.3. The molecular weight excluding hydrogens is 1130 g/mol. The van der Waals surface area contributed by atoms with E-state index in [1.807, 2.05) is 6.92 Å². The van der Waals surface area contributed by atoms with Gasteiger partial charge in [-0.05, 0) is 129 Å². The van der Waals surface area contributed by atoms with Crippen molar-refractivity contribution in [3.8, 4) is 5.75 Å². The maximum atomic E-state index is 14.9. The van der Waals surface area contributed by atoms with E-state index in [2.05, 4.69) is 5.32 Å². The highest BCUT2D eigenvalue weighted by molar-refractivity contribution is 7.89. The number of rotatable bonds is 17. The first-order valence-corrected chi connectivity index (χ1v) is 31.0. The fourth-order valence-electron chi connectivity index (χ4n) is 12.0. The van der Waals surface area contributed by atoms with Crippen molar-refractivity contribution < 1.29 is 88.6 Å². The highest BCUT2D eigenvalue weighted by Crippen LogP contribution is 2.45. The van der Waals surface area contributed by atoms with Gasteiger partial charge in [0.15, 0.2) is 18.7 Å². The van der Waals surface area contributed by atoms with Gasteiger partial charge in [0.1, 0.15) is 51.6 Å². The molecule has 0 spiro atoms. The molecular formula is C59H87F4N3O15S2. The summed E-state index contributed by atoms with van der Waals surface area (Å²) in [6.45, 7) is 17.5. The van der Waals surface area contributed by atoms with Crippen molar-refractivity contribution in [1.82, 2.24) is 13.9 Å². The van der Waals surface area contributed by atoms with Crippen LogP contribution in [0, 0.1) is 23.6 Å². The lowest BCUT2D eigenvalue weighted by atomic mass is 9.75. The molecule has 0 aromatic heterocycles. The molecule has 0 amide bonds. The Bertz CT molecular complexity index is 2740. The van der Waals surface area contributed by atoms with E-state index < -0.39 is 164 Å². The largest absolute Gasteiger partial charge is 0.483 e. The molecule has 3 aromatic rings. The molecule has 18 nitrogen and oxygen atoms in total. The summed E-state index contributed by atoms with van der Waals surface area (Å²) < 4.78 is 149. The molecule has 0 saturated carbocycles. The Morgan fingerprint density at radius 2 is 1.51 bits per heavy atom. The van der Waals surface area contributed by atoms with Crippen molar-refractivity contribution in [1.29, 1.82) is 0 Å². The van der Waals surface area contributed by atoms with E-state index in [4.69, 9.17) is 33.2 Å². The van der Waals surface area contributed by atoms with Gasteiger partial charge in [0.2, 0.25) is 10.0 Å². The number of nitrogens with one attached hydrogen (secondary N) is 1. The lowest BCUT2D eigenvalue weighted by molar-refractivity contribution is -0.337. The van der Waals surface area contributed by atoms with Crippen LogP contribution in [0.3, 0.4) is 0 Å². The molecule has 3 heterocycles. The molecule has 19 atom stereocenters. The summed E-state index contributed by atoms with van der Waals surface area (Å²) in [6, 6.07) is 16.6. The van der Waals surface area contributed by atoms with E-state index in [-0.39, 0.29) is 43.7 Å². The van der Waals surface area contributed by atoms with E-state index >= 15 is 0 Å². The highest BCUT2D eigenvalue weighted by Gasteiger charge is 2.60. The van der Waals surface area contributed by atoms with Crippen LogP contribution in [0.4, 0.5) is 17.6 Å². The predicted molar refractivity (Wildman–Crippen MR) is 301 cm³/mol. The van der Waals surface area contributed by atoms with Crippen molar-refractivity contribution in [2.45, 2.75) is 214 Å². The minimum absolute atomic E-state index is 0.0111. The molecule has 1 unspecified atom stereocenters. The number of aliphatic hydroxyl groups is 4. The number of ether oxygens (including phenoxy) is 7. The Labute approximate surface area is 489 Å². The second kappa shape index (κ2) is 27.5. The fraction of sp³-hybridized carbons (Fsp3) is 0.678. The molecule has 0 radical (unpaired) electrons. The van der Waals surface area contributed by atoms with Crippen LogP contribution in [0.15, 0.2) is 88.7 Å². The first kappa shape index (κ1) is 68.4. The molecule has 24 heteroatoms. The average molecular weight is 1220 g/mol. The minimum atomic E-state index is -5.13. The van der Waals surface area contributed by atoms with Gasteiger partial charge in [-0.1, -0.05) is 64.1 Å². The zero-order chi connectivity index (χ0) is 61.8. The van der Waals surface area contributed by atoms with Crippen molar-refractivity contribution in [2.75, 3.05) is 33.8 Å². The Kier molecular flexibility index (Phi) is 22.7. The minimum Gasteiger partial charge on any atom is -0.483 e. The van der Waals surface area contributed by atoms with Gasteiger partial charge in [0.05, 0.1) is 57.3 Å². The van der Waals surface area contributed by atoms with E-state index in [0.717, 1.165) is 6.07 Å². The van der Waals surface area contributed by atoms with Gasteiger partial charge in [-0.3, -0.25) is 4.79 Å². The van der Waals surface area contributed by atoms with Gasteiger partial charge in [0.25, 0.3) is 0 Å². The van der Waals surface area contributed by atoms with Gasteiger partial charge >= 0.3 is 12.1 Å². The van der Waals surface area contributed by atoms with Gasteiger partial charge in [-0.25, -0.2) is 21.3 Å². The number of halogens is 4. The predicted octanol–water partition coefficient (Wildman–Crippen LogP) is 7.37. The van der Waals surface area contributed by atoms with Gasteiger partial charge in [-0.2, -0.15) is 17.5 Å². The summed E-state index contributed by atoms with van der Waals surface area (Å²) in [7, 11) is -3.19. The first-order chi connectivity index (χ1) is 38.7. The van der Waals surface area contributed by atoms with Crippen molar-refractivity contribution in [3.63, 3.8) is 0 Å². The van der Waals surface area contributed by atoms with Gasteiger partial charge in [0, 0.05) is 45.6 Å². The van der Waals surface area contributed by atoms with Crippen LogP contribution in [-0.4, -0.2) is 171 Å². The number of hydrogen-bond donors (Lipinski definition) is 5. The van der Waals surface area contributed by atoms with Crippen LogP contribution in [0.25, 0.3) is 0 Å². The highest BCUT2D eigenvalue weighted by atomic mass is 32.2. The number of sulfonamides is 1. The number of cyclic esters (lactones) is 1. The number of nitrogens with zero attached hydrogens (tertiary/aromatic N) is 2. The van der Waals surface area contributed by atoms with E-state index in [9.17, 15) is 55.4 Å². The monoisotopic (exact) mass is 1220 g/mol. The number of alkyl halides is 3. The Morgan fingerprint density at radius 3 is 2.10 bits per heavy atom. The number of carbonyl (C=O) groups is 1. The SMILES string of the molecule is CCCN(C[C@]1(O)[C@H](C)O[C@@H](O[C@H]2[C@H](C)[C@@H](O[C@@H]3O[C@H](C)C[C@H](N(C)S(=O)c4ccccc4)[C@H]3Oc3ccc(F)c(C(F)(F)F)c3)[C@](C)(O)C[C@@H](C)CN[C@H](C)[C@@H](O)[C@](C)(O)[C@@H](CC)OC(=O)[C@@H]2C)C[C@@]1(C)OC)S(=O)(=O)c1ccccc1. The van der Waals surface area contributed by atoms with Crippen LogP contribution in [-0.2, 0) is 60.4 Å². The summed E-state index contributed by atoms with van der Waals surface area (Å²) in [6.07, 6.45) is -17.0. The van der Waals surface area contributed by atoms with E-state index in [1.165, 1.54) is 55.5 Å². The zero-order valence-corrected chi connectivity index (χ0v) is 51.4. The smallest absolute Gasteiger partial charge is 0.419 e. The quantitative estimate of drug-likeness (QED) is 0.0656. The number of methoxy groups -OCH3 is 1. The van der Waals surface area contributed by atoms with Crippen LogP contribution in [0.1, 0.15) is 114 Å². The Morgan fingerprint density at radius 1 is 0.880 bits per heavy atom. The third kappa shape index (κ3) is 15.3. The van der Waals surface area contributed by atoms with Crippen LogP contribution >= 0.6 is 0 Å². The van der Waals surface area contributed by atoms with Gasteiger partial charge in [-0.15, -0.1) is 0 Å². The summed E-state index contributed by atoms with van der Waals surface area (Å²) in [4.78, 5) is 15.3. The first-order valence-electron chi connectivity index (χ1n) is 28.4. The molecule has 83 heavy (non-hydrogen) atoms. The fourth-order valence-corrected chi connectivity index (χ4v) is 14.8. The lowest BCUT2D eigenvalue weighted by Gasteiger charge is -2.54. The summed E-state index contributed by atoms with van der Waals surface area (Å²) in [5, 5.41) is 52.9. The number of aliphatic hydroxyl groups excluding tert-OH is 1. The van der Waals surface area contributed by atoms with Crippen LogP contribution in [0.2, 0.25) is 0 Å². The molecule has 3 aliphatic rings. The zero-order valence-electron chi connectivity index (χ0n) is 49.7.